The van der Waals surface area contributed by atoms with E-state index in [1.807, 2.05) is 37.3 Å². The van der Waals surface area contributed by atoms with Gasteiger partial charge in [0.25, 0.3) is 0 Å². The van der Waals surface area contributed by atoms with Crippen LogP contribution in [0.1, 0.15) is 61.3 Å². The van der Waals surface area contributed by atoms with Gasteiger partial charge in [-0.1, -0.05) is 109 Å². The van der Waals surface area contributed by atoms with E-state index in [1.165, 1.54) is 22.3 Å². The maximum atomic E-state index is 10.6. The Kier molecular flexibility index (Phi) is 11.7. The van der Waals surface area contributed by atoms with Gasteiger partial charge in [0.05, 0.1) is 6.10 Å². The molecule has 0 fully saturated rings. The summed E-state index contributed by atoms with van der Waals surface area (Å²) in [6.45, 7) is 14.5. The molecule has 1 aliphatic rings. The van der Waals surface area contributed by atoms with Crippen LogP contribution in [0.3, 0.4) is 0 Å². The van der Waals surface area contributed by atoms with Crippen LogP contribution in [-0.2, 0) is 4.79 Å². The van der Waals surface area contributed by atoms with Crippen molar-refractivity contribution < 1.29 is 9.90 Å². The van der Waals surface area contributed by atoms with Crippen molar-refractivity contribution in [3.05, 3.63) is 106 Å². The molecule has 2 nitrogen and oxygen atoms in total. The van der Waals surface area contributed by atoms with Gasteiger partial charge in [-0.05, 0) is 64.0 Å². The molecule has 0 saturated carbocycles. The second-order valence-corrected chi connectivity index (χ2v) is 9.34. The van der Waals surface area contributed by atoms with Gasteiger partial charge in [-0.3, -0.25) is 4.79 Å². The van der Waals surface area contributed by atoms with Crippen LogP contribution in [0, 0.1) is 5.41 Å². The fraction of sp³-hybridized carbons (Fsp3) is 0.367. The van der Waals surface area contributed by atoms with Crippen molar-refractivity contribution in [3.63, 3.8) is 0 Å². The quantitative estimate of drug-likeness (QED) is 0.230. The predicted molar refractivity (Wildman–Crippen MR) is 139 cm³/mol. The van der Waals surface area contributed by atoms with Crippen molar-refractivity contribution in [1.29, 1.82) is 0 Å². The monoisotopic (exact) mass is 432 g/mol. The highest BCUT2D eigenvalue weighted by atomic mass is 16.3. The normalized spacial score (nSPS) is 21.7. The fourth-order valence-corrected chi connectivity index (χ4v) is 3.72. The van der Waals surface area contributed by atoms with E-state index >= 15 is 0 Å². The molecule has 0 saturated heterocycles. The SMILES string of the molecule is CC1=C(/C=C/C(C)=C\C=C\C(C)=C\C=C\C=C(C)\C=C\C=C(/C)C=O)C(C)(C)CC(O)C1. The third-order valence-electron chi connectivity index (χ3n) is 5.44. The lowest BCUT2D eigenvalue weighted by Gasteiger charge is -2.35. The number of carbonyl (C=O) groups excluding carboxylic acids is 1. The number of hydrogen-bond donors (Lipinski definition) is 1. The molecule has 32 heavy (non-hydrogen) atoms. The molecule has 1 unspecified atom stereocenters. The summed E-state index contributed by atoms with van der Waals surface area (Å²) in [5, 5.41) is 10.0. The molecule has 0 aromatic rings. The van der Waals surface area contributed by atoms with Crippen LogP contribution < -0.4 is 0 Å². The Bertz CT molecular complexity index is 922. The second-order valence-electron chi connectivity index (χ2n) is 9.34. The van der Waals surface area contributed by atoms with Gasteiger partial charge in [0.1, 0.15) is 6.29 Å². The average molecular weight is 433 g/mol. The topological polar surface area (TPSA) is 37.3 Å². The minimum Gasteiger partial charge on any atom is -0.393 e. The number of aliphatic hydroxyl groups excluding tert-OH is 1. The summed E-state index contributed by atoms with van der Waals surface area (Å²) in [6, 6.07) is 0. The molecule has 1 N–H and O–H groups in total. The summed E-state index contributed by atoms with van der Waals surface area (Å²) in [5.74, 6) is 0. The van der Waals surface area contributed by atoms with E-state index in [2.05, 4.69) is 71.1 Å². The first-order valence-electron chi connectivity index (χ1n) is 11.3. The van der Waals surface area contributed by atoms with Crippen molar-refractivity contribution in [2.24, 2.45) is 5.41 Å². The molecule has 0 heterocycles. The van der Waals surface area contributed by atoms with E-state index in [1.54, 1.807) is 13.0 Å². The highest BCUT2D eigenvalue weighted by Crippen LogP contribution is 2.41. The summed E-state index contributed by atoms with van der Waals surface area (Å²) in [7, 11) is 0. The van der Waals surface area contributed by atoms with Crippen molar-refractivity contribution in [1.82, 2.24) is 0 Å². The zero-order valence-electron chi connectivity index (χ0n) is 20.9. The highest BCUT2D eigenvalue weighted by molar-refractivity contribution is 5.72. The summed E-state index contributed by atoms with van der Waals surface area (Å²) in [6.07, 6.45) is 26.6. The Labute approximate surface area is 195 Å². The lowest BCUT2D eigenvalue weighted by molar-refractivity contribution is -0.104. The second kappa shape index (κ2) is 13.6. The molecule has 1 rings (SSSR count). The third kappa shape index (κ3) is 10.5. The van der Waals surface area contributed by atoms with Crippen LogP contribution in [0.4, 0.5) is 0 Å². The number of allylic oxidation sites excluding steroid dienone is 17. The van der Waals surface area contributed by atoms with Gasteiger partial charge in [-0.15, -0.1) is 0 Å². The molecule has 0 bridgehead atoms. The number of aliphatic hydroxyl groups is 1. The third-order valence-corrected chi connectivity index (χ3v) is 5.44. The zero-order valence-corrected chi connectivity index (χ0v) is 20.9. The molecule has 0 aliphatic heterocycles. The molecule has 2 heteroatoms. The van der Waals surface area contributed by atoms with Crippen LogP contribution in [0.25, 0.3) is 0 Å². The smallest absolute Gasteiger partial charge is 0.145 e. The Balaban J connectivity index is 2.68. The first-order chi connectivity index (χ1) is 15.0. The summed E-state index contributed by atoms with van der Waals surface area (Å²) >= 11 is 0. The van der Waals surface area contributed by atoms with Gasteiger partial charge in [0.2, 0.25) is 0 Å². The standard InChI is InChI=1S/C30H40O2/c1-23(12-8-9-13-24(2)15-11-17-26(4)22-31)14-10-16-25(3)18-19-29-27(5)20-28(32)21-30(29,6)7/h8-19,22,28,32H,20-21H2,1-7H3/b9-8+,14-10+,15-11+,19-18+,23-12+,24-13+,25-16-,26-17+. The van der Waals surface area contributed by atoms with Crippen LogP contribution in [0.15, 0.2) is 106 Å². The van der Waals surface area contributed by atoms with Crippen molar-refractivity contribution >= 4 is 6.29 Å². The highest BCUT2D eigenvalue weighted by Gasteiger charge is 2.31. The molecule has 0 amide bonds. The van der Waals surface area contributed by atoms with Gasteiger partial charge < -0.3 is 5.11 Å². The Morgan fingerprint density at radius 2 is 1.28 bits per heavy atom. The summed E-state index contributed by atoms with van der Waals surface area (Å²) in [5.41, 5.74) is 6.81. The molecule has 1 aliphatic carbocycles. The molecule has 0 aromatic carbocycles. The summed E-state index contributed by atoms with van der Waals surface area (Å²) in [4.78, 5) is 10.6. The maximum Gasteiger partial charge on any atom is 0.145 e. The van der Waals surface area contributed by atoms with Gasteiger partial charge in [0.15, 0.2) is 0 Å². The Morgan fingerprint density at radius 3 is 1.78 bits per heavy atom. The number of rotatable bonds is 9. The van der Waals surface area contributed by atoms with Gasteiger partial charge >= 0.3 is 0 Å². The first kappa shape index (κ1) is 27.3. The van der Waals surface area contributed by atoms with E-state index in [4.69, 9.17) is 0 Å². The number of carbonyl (C=O) groups is 1. The first-order valence-corrected chi connectivity index (χ1v) is 11.3. The lowest BCUT2D eigenvalue weighted by atomic mass is 9.71. The average Bonchev–Trinajstić information content (AvgIpc) is 2.69. The molecular weight excluding hydrogens is 392 g/mol. The Morgan fingerprint density at radius 1 is 0.812 bits per heavy atom. The van der Waals surface area contributed by atoms with E-state index in [-0.39, 0.29) is 11.5 Å². The maximum absolute atomic E-state index is 10.6. The predicted octanol–water partition coefficient (Wildman–Crippen LogP) is 7.69. The van der Waals surface area contributed by atoms with E-state index < -0.39 is 0 Å². The van der Waals surface area contributed by atoms with Crippen LogP contribution in [0.5, 0.6) is 0 Å². The van der Waals surface area contributed by atoms with Crippen LogP contribution >= 0.6 is 0 Å². The minimum atomic E-state index is -0.226. The van der Waals surface area contributed by atoms with E-state index in [0.29, 0.717) is 5.57 Å². The van der Waals surface area contributed by atoms with Crippen molar-refractivity contribution in [2.45, 2.75) is 67.4 Å². The molecule has 0 spiro atoms. The molecular formula is C30H40O2. The van der Waals surface area contributed by atoms with E-state index in [0.717, 1.165) is 24.7 Å². The largest absolute Gasteiger partial charge is 0.393 e. The van der Waals surface area contributed by atoms with E-state index in [9.17, 15) is 9.90 Å². The Hall–Kier alpha value is -2.71. The van der Waals surface area contributed by atoms with Gasteiger partial charge in [-0.2, -0.15) is 0 Å². The lowest BCUT2D eigenvalue weighted by Crippen LogP contribution is -2.28. The molecule has 0 radical (unpaired) electrons. The summed E-state index contributed by atoms with van der Waals surface area (Å²) < 4.78 is 0. The number of hydrogen-bond acceptors (Lipinski definition) is 2. The molecule has 0 aromatic heterocycles. The zero-order chi connectivity index (χ0) is 24.1. The van der Waals surface area contributed by atoms with Gasteiger partial charge in [-0.25, -0.2) is 0 Å². The molecule has 1 atom stereocenters. The van der Waals surface area contributed by atoms with Gasteiger partial charge in [0, 0.05) is 0 Å². The fourth-order valence-electron chi connectivity index (χ4n) is 3.72. The van der Waals surface area contributed by atoms with Crippen LogP contribution in [0.2, 0.25) is 0 Å². The van der Waals surface area contributed by atoms with Crippen LogP contribution in [-0.4, -0.2) is 17.5 Å². The van der Waals surface area contributed by atoms with Crippen molar-refractivity contribution in [2.75, 3.05) is 0 Å². The number of aldehydes is 1. The van der Waals surface area contributed by atoms with Crippen molar-refractivity contribution in [3.8, 4) is 0 Å². The minimum absolute atomic E-state index is 0.00771. The molecule has 172 valence electrons.